The van der Waals surface area contributed by atoms with Crippen LogP contribution in [0.2, 0.25) is 0 Å². The monoisotopic (exact) mass is 230 g/mol. The zero-order valence-corrected chi connectivity index (χ0v) is 9.29. The SMILES string of the molecule is CN1CCC(NS(=O)(=O)c2cnc[nH]2)C1. The summed E-state index contributed by atoms with van der Waals surface area (Å²) < 4.78 is 26.2. The predicted molar refractivity (Wildman–Crippen MR) is 54.8 cm³/mol. The van der Waals surface area contributed by atoms with E-state index < -0.39 is 10.0 Å². The average molecular weight is 230 g/mol. The maximum Gasteiger partial charge on any atom is 0.257 e. The number of nitrogens with one attached hydrogen (secondary N) is 2. The van der Waals surface area contributed by atoms with E-state index in [-0.39, 0.29) is 11.1 Å². The van der Waals surface area contributed by atoms with E-state index in [1.165, 1.54) is 12.5 Å². The molecule has 7 heteroatoms. The van der Waals surface area contributed by atoms with Gasteiger partial charge in [0.25, 0.3) is 10.0 Å². The van der Waals surface area contributed by atoms with Crippen molar-refractivity contribution in [3.63, 3.8) is 0 Å². The molecule has 1 fully saturated rings. The Balaban J connectivity index is 2.06. The number of nitrogens with zero attached hydrogens (tertiary/aromatic N) is 2. The predicted octanol–water partition coefficient (Wildman–Crippen LogP) is -0.608. The highest BCUT2D eigenvalue weighted by atomic mass is 32.2. The summed E-state index contributed by atoms with van der Waals surface area (Å²) in [5.41, 5.74) is 0. The lowest BCUT2D eigenvalue weighted by molar-refractivity contribution is 0.407. The molecule has 1 aromatic rings. The third kappa shape index (κ3) is 2.36. The van der Waals surface area contributed by atoms with Crippen LogP contribution in [-0.2, 0) is 10.0 Å². The van der Waals surface area contributed by atoms with Crippen LogP contribution in [0.5, 0.6) is 0 Å². The molecule has 1 aliphatic rings. The molecular formula is C8H14N4O2S. The van der Waals surface area contributed by atoms with Crippen molar-refractivity contribution in [2.24, 2.45) is 0 Å². The standard InChI is InChI=1S/C8H14N4O2S/c1-12-3-2-7(5-12)11-15(13,14)8-4-9-6-10-8/h4,6-7,11H,2-3,5H2,1H3,(H,9,10). The summed E-state index contributed by atoms with van der Waals surface area (Å²) in [6.07, 6.45) is 3.51. The maximum absolute atomic E-state index is 11.8. The molecule has 1 atom stereocenters. The molecule has 1 aliphatic heterocycles. The molecule has 0 saturated carbocycles. The van der Waals surface area contributed by atoms with Crippen LogP contribution >= 0.6 is 0 Å². The zero-order chi connectivity index (χ0) is 10.9. The Hall–Kier alpha value is -0.920. The summed E-state index contributed by atoms with van der Waals surface area (Å²) in [5, 5.41) is 0.122. The lowest BCUT2D eigenvalue weighted by Gasteiger charge is -2.11. The van der Waals surface area contributed by atoms with Crippen LogP contribution in [0.25, 0.3) is 0 Å². The number of aromatic amines is 1. The number of H-pyrrole nitrogens is 1. The largest absolute Gasteiger partial charge is 0.335 e. The normalized spacial score (nSPS) is 23.4. The molecule has 1 unspecified atom stereocenters. The van der Waals surface area contributed by atoms with Crippen LogP contribution in [0, 0.1) is 0 Å². The minimum absolute atomic E-state index is 0.00306. The van der Waals surface area contributed by atoms with E-state index in [1.54, 1.807) is 0 Å². The van der Waals surface area contributed by atoms with Crippen molar-refractivity contribution in [1.82, 2.24) is 19.6 Å². The molecule has 2 rings (SSSR count). The summed E-state index contributed by atoms with van der Waals surface area (Å²) in [6.45, 7) is 1.68. The zero-order valence-electron chi connectivity index (χ0n) is 8.47. The van der Waals surface area contributed by atoms with Crippen molar-refractivity contribution in [2.45, 2.75) is 17.5 Å². The molecule has 0 amide bonds. The van der Waals surface area contributed by atoms with Gasteiger partial charge in [-0.2, -0.15) is 0 Å². The molecule has 6 nitrogen and oxygen atoms in total. The number of hydrogen-bond donors (Lipinski definition) is 2. The van der Waals surface area contributed by atoms with Crippen molar-refractivity contribution in [3.8, 4) is 0 Å². The van der Waals surface area contributed by atoms with Gasteiger partial charge in [-0.3, -0.25) is 0 Å². The number of likely N-dealkylation sites (N-methyl/N-ethyl adjacent to an activating group) is 1. The molecule has 0 aromatic carbocycles. The van der Waals surface area contributed by atoms with Crippen molar-refractivity contribution < 1.29 is 8.42 Å². The van der Waals surface area contributed by atoms with Crippen LogP contribution in [-0.4, -0.2) is 49.5 Å². The fourth-order valence-electron chi connectivity index (χ4n) is 1.70. The highest BCUT2D eigenvalue weighted by molar-refractivity contribution is 7.89. The number of sulfonamides is 1. The number of likely N-dealkylation sites (tertiary alicyclic amines) is 1. The highest BCUT2D eigenvalue weighted by Crippen LogP contribution is 2.10. The van der Waals surface area contributed by atoms with E-state index in [2.05, 4.69) is 19.6 Å². The topological polar surface area (TPSA) is 78.1 Å². The lowest BCUT2D eigenvalue weighted by atomic mass is 10.3. The first-order valence-corrected chi connectivity index (χ1v) is 6.25. The first-order chi connectivity index (χ1) is 7.08. The molecule has 0 spiro atoms. The number of aromatic nitrogens is 2. The van der Waals surface area contributed by atoms with Crippen molar-refractivity contribution in [2.75, 3.05) is 20.1 Å². The van der Waals surface area contributed by atoms with E-state index in [0.717, 1.165) is 19.5 Å². The second-order valence-electron chi connectivity index (χ2n) is 3.78. The fraction of sp³-hybridized carbons (Fsp3) is 0.625. The second-order valence-corrected chi connectivity index (χ2v) is 5.47. The smallest absolute Gasteiger partial charge is 0.257 e. The van der Waals surface area contributed by atoms with Crippen molar-refractivity contribution >= 4 is 10.0 Å². The van der Waals surface area contributed by atoms with Crippen LogP contribution in [0.1, 0.15) is 6.42 Å². The quantitative estimate of drug-likeness (QED) is 0.726. The molecule has 1 saturated heterocycles. The maximum atomic E-state index is 11.8. The van der Waals surface area contributed by atoms with Crippen molar-refractivity contribution in [3.05, 3.63) is 12.5 Å². The highest BCUT2D eigenvalue weighted by Gasteiger charge is 2.25. The van der Waals surface area contributed by atoms with E-state index in [0.29, 0.717) is 0 Å². The Morgan fingerprint density at radius 3 is 3.00 bits per heavy atom. The van der Waals surface area contributed by atoms with Gasteiger partial charge in [0.1, 0.15) is 0 Å². The Labute approximate surface area is 88.7 Å². The molecule has 0 aliphatic carbocycles. The van der Waals surface area contributed by atoms with Gasteiger partial charge < -0.3 is 9.88 Å². The van der Waals surface area contributed by atoms with Crippen LogP contribution in [0.15, 0.2) is 17.6 Å². The third-order valence-corrected chi connectivity index (χ3v) is 3.92. The molecule has 2 heterocycles. The average Bonchev–Trinajstić information content (AvgIpc) is 2.75. The first kappa shape index (κ1) is 10.6. The number of imidazole rings is 1. The Morgan fingerprint density at radius 2 is 2.47 bits per heavy atom. The molecule has 0 radical (unpaired) electrons. The summed E-state index contributed by atoms with van der Waals surface area (Å²) in [7, 11) is -1.44. The minimum atomic E-state index is -3.42. The van der Waals surface area contributed by atoms with E-state index in [9.17, 15) is 8.42 Å². The van der Waals surface area contributed by atoms with Gasteiger partial charge in [-0.15, -0.1) is 0 Å². The molecule has 2 N–H and O–H groups in total. The minimum Gasteiger partial charge on any atom is -0.335 e. The van der Waals surface area contributed by atoms with E-state index >= 15 is 0 Å². The summed E-state index contributed by atoms with van der Waals surface area (Å²) in [6, 6.07) is 0.00306. The van der Waals surface area contributed by atoms with E-state index in [4.69, 9.17) is 0 Å². The van der Waals surface area contributed by atoms with Gasteiger partial charge in [0.05, 0.1) is 12.5 Å². The van der Waals surface area contributed by atoms with E-state index in [1.807, 2.05) is 7.05 Å². The second kappa shape index (κ2) is 3.92. The molecule has 84 valence electrons. The summed E-state index contributed by atoms with van der Waals surface area (Å²) in [4.78, 5) is 8.38. The van der Waals surface area contributed by atoms with Crippen LogP contribution in [0.4, 0.5) is 0 Å². The first-order valence-electron chi connectivity index (χ1n) is 4.77. The molecule has 0 bridgehead atoms. The fourth-order valence-corrected chi connectivity index (χ4v) is 2.87. The third-order valence-electron chi connectivity index (χ3n) is 2.48. The number of hydrogen-bond acceptors (Lipinski definition) is 4. The van der Waals surface area contributed by atoms with Gasteiger partial charge in [-0.25, -0.2) is 18.1 Å². The van der Waals surface area contributed by atoms with Crippen LogP contribution in [0.3, 0.4) is 0 Å². The summed E-state index contributed by atoms with van der Waals surface area (Å²) >= 11 is 0. The molecule has 15 heavy (non-hydrogen) atoms. The van der Waals surface area contributed by atoms with Crippen LogP contribution < -0.4 is 4.72 Å². The van der Waals surface area contributed by atoms with Gasteiger partial charge >= 0.3 is 0 Å². The van der Waals surface area contributed by atoms with Gasteiger partial charge in [0.2, 0.25) is 0 Å². The number of rotatable bonds is 3. The van der Waals surface area contributed by atoms with Gasteiger partial charge in [0.15, 0.2) is 5.03 Å². The molecular weight excluding hydrogens is 216 g/mol. The van der Waals surface area contributed by atoms with Crippen molar-refractivity contribution in [1.29, 1.82) is 0 Å². The lowest BCUT2D eigenvalue weighted by Crippen LogP contribution is -2.36. The molecule has 1 aromatic heterocycles. The summed E-state index contributed by atoms with van der Waals surface area (Å²) in [5.74, 6) is 0. The van der Waals surface area contributed by atoms with Gasteiger partial charge in [0, 0.05) is 12.6 Å². The Bertz CT molecular complexity index is 414. The Morgan fingerprint density at radius 1 is 1.67 bits per heavy atom. The van der Waals surface area contributed by atoms with Gasteiger partial charge in [-0.1, -0.05) is 0 Å². The Kier molecular flexibility index (Phi) is 2.76. The van der Waals surface area contributed by atoms with Gasteiger partial charge in [-0.05, 0) is 20.0 Å².